The van der Waals surface area contributed by atoms with Crippen molar-refractivity contribution in [3.63, 3.8) is 0 Å². The zero-order chi connectivity index (χ0) is 14.8. The van der Waals surface area contributed by atoms with Crippen molar-refractivity contribution in [2.75, 3.05) is 5.32 Å². The second kappa shape index (κ2) is 6.12. The Morgan fingerprint density at radius 3 is 2.81 bits per heavy atom. The average molecular weight is 365 g/mol. The first kappa shape index (κ1) is 14.5. The number of hydrogen-bond donors (Lipinski definition) is 1. The molecule has 0 radical (unpaired) electrons. The molecule has 1 aromatic heterocycles. The van der Waals surface area contributed by atoms with Gasteiger partial charge < -0.3 is 9.73 Å². The van der Waals surface area contributed by atoms with E-state index < -0.39 is 0 Å². The summed E-state index contributed by atoms with van der Waals surface area (Å²) in [5.74, 6) is 0. The van der Waals surface area contributed by atoms with Crippen LogP contribution >= 0.6 is 27.5 Å². The molecule has 108 valence electrons. The molecule has 3 aromatic rings. The van der Waals surface area contributed by atoms with Gasteiger partial charge in [0.1, 0.15) is 5.58 Å². The van der Waals surface area contributed by atoms with Gasteiger partial charge in [-0.05, 0) is 47.9 Å². The van der Waals surface area contributed by atoms with E-state index in [1.807, 2.05) is 30.3 Å². The Labute approximate surface area is 137 Å². The Morgan fingerprint density at radius 2 is 2.00 bits per heavy atom. The molecule has 0 bridgehead atoms. The Bertz CT molecular complexity index is 782. The van der Waals surface area contributed by atoms with Crippen LogP contribution in [0.1, 0.15) is 18.1 Å². The topological polar surface area (TPSA) is 25.2 Å². The van der Waals surface area contributed by atoms with E-state index in [4.69, 9.17) is 16.0 Å². The fraction of sp³-hybridized carbons (Fsp3) is 0.176. The minimum absolute atomic E-state index is 0.457. The molecular formula is C17H15BrClNO. The fourth-order valence-electron chi connectivity index (χ4n) is 2.44. The molecule has 0 fully saturated rings. The summed E-state index contributed by atoms with van der Waals surface area (Å²) in [6.07, 6.45) is 0.974. The molecule has 1 heterocycles. The average Bonchev–Trinajstić information content (AvgIpc) is 2.81. The summed E-state index contributed by atoms with van der Waals surface area (Å²) in [4.78, 5) is 0. The fourth-order valence-corrected chi connectivity index (χ4v) is 3.10. The lowest BCUT2D eigenvalue weighted by molar-refractivity contribution is 0.613. The lowest BCUT2D eigenvalue weighted by Crippen LogP contribution is -2.02. The highest BCUT2D eigenvalue weighted by molar-refractivity contribution is 9.10. The third kappa shape index (κ3) is 2.94. The molecule has 0 aliphatic carbocycles. The summed E-state index contributed by atoms with van der Waals surface area (Å²) in [6.45, 7) is 2.79. The van der Waals surface area contributed by atoms with Crippen LogP contribution in [0.5, 0.6) is 0 Å². The van der Waals surface area contributed by atoms with Crippen molar-refractivity contribution in [2.24, 2.45) is 0 Å². The van der Waals surface area contributed by atoms with E-state index in [2.05, 4.69) is 40.3 Å². The van der Waals surface area contributed by atoms with E-state index in [1.54, 1.807) is 0 Å². The molecule has 0 spiro atoms. The number of fused-ring (bicyclic) bond motifs is 1. The molecule has 0 amide bonds. The van der Waals surface area contributed by atoms with E-state index >= 15 is 0 Å². The van der Waals surface area contributed by atoms with Gasteiger partial charge in [0.05, 0.1) is 0 Å². The summed E-state index contributed by atoms with van der Waals surface area (Å²) >= 11 is 9.73. The molecule has 3 rings (SSSR count). The standard InChI is InChI=1S/C17H15BrClNO/c1-2-11-9-12(18)7-8-15(11)20-10-14-13-5-3-4-6-16(13)21-17(14)19/h3-9,20H,2,10H2,1H3. The molecular weight excluding hydrogens is 350 g/mol. The van der Waals surface area contributed by atoms with Gasteiger partial charge in [-0.25, -0.2) is 0 Å². The summed E-state index contributed by atoms with van der Waals surface area (Å²) < 4.78 is 6.68. The lowest BCUT2D eigenvalue weighted by atomic mass is 10.1. The van der Waals surface area contributed by atoms with Crippen LogP contribution in [-0.4, -0.2) is 0 Å². The molecule has 0 atom stereocenters. The summed E-state index contributed by atoms with van der Waals surface area (Å²) in [6, 6.07) is 14.2. The van der Waals surface area contributed by atoms with Gasteiger partial charge in [0.2, 0.25) is 0 Å². The maximum absolute atomic E-state index is 6.22. The minimum atomic E-state index is 0.457. The number of nitrogens with one attached hydrogen (secondary N) is 1. The van der Waals surface area contributed by atoms with E-state index in [9.17, 15) is 0 Å². The predicted octanol–water partition coefficient (Wildman–Crippen LogP) is 6.02. The van der Waals surface area contributed by atoms with Crippen molar-refractivity contribution in [3.8, 4) is 0 Å². The van der Waals surface area contributed by atoms with Crippen molar-refractivity contribution in [1.29, 1.82) is 0 Å². The quantitative estimate of drug-likeness (QED) is 0.612. The Balaban J connectivity index is 1.88. The summed E-state index contributed by atoms with van der Waals surface area (Å²) in [7, 11) is 0. The normalized spacial score (nSPS) is 11.0. The molecule has 0 saturated carbocycles. The van der Waals surface area contributed by atoms with Crippen LogP contribution in [-0.2, 0) is 13.0 Å². The molecule has 1 N–H and O–H groups in total. The van der Waals surface area contributed by atoms with Crippen LogP contribution in [0, 0.1) is 0 Å². The predicted molar refractivity (Wildman–Crippen MR) is 92.1 cm³/mol. The summed E-state index contributed by atoms with van der Waals surface area (Å²) in [5.41, 5.74) is 4.22. The van der Waals surface area contributed by atoms with Gasteiger partial charge in [-0.1, -0.05) is 41.1 Å². The molecule has 0 saturated heterocycles. The van der Waals surface area contributed by atoms with Gasteiger partial charge in [0, 0.05) is 27.7 Å². The second-order valence-electron chi connectivity index (χ2n) is 4.86. The van der Waals surface area contributed by atoms with E-state index in [1.165, 1.54) is 5.56 Å². The zero-order valence-electron chi connectivity index (χ0n) is 11.6. The molecule has 2 aromatic carbocycles. The third-order valence-corrected chi connectivity index (χ3v) is 4.35. The highest BCUT2D eigenvalue weighted by Gasteiger charge is 2.12. The Morgan fingerprint density at radius 1 is 1.19 bits per heavy atom. The zero-order valence-corrected chi connectivity index (χ0v) is 14.0. The number of halogens is 2. The smallest absolute Gasteiger partial charge is 0.199 e. The van der Waals surface area contributed by atoms with E-state index in [0.717, 1.165) is 33.1 Å². The van der Waals surface area contributed by atoms with Crippen LogP contribution in [0.2, 0.25) is 5.22 Å². The summed E-state index contributed by atoms with van der Waals surface area (Å²) in [5, 5.41) is 4.98. The van der Waals surface area contributed by atoms with Gasteiger partial charge in [-0.2, -0.15) is 0 Å². The van der Waals surface area contributed by atoms with Crippen molar-refractivity contribution in [1.82, 2.24) is 0 Å². The minimum Gasteiger partial charge on any atom is -0.444 e. The van der Waals surface area contributed by atoms with Gasteiger partial charge in [0.25, 0.3) is 0 Å². The number of aryl methyl sites for hydroxylation is 1. The van der Waals surface area contributed by atoms with Crippen LogP contribution in [0.3, 0.4) is 0 Å². The number of benzene rings is 2. The van der Waals surface area contributed by atoms with E-state index in [-0.39, 0.29) is 0 Å². The molecule has 2 nitrogen and oxygen atoms in total. The first-order valence-electron chi connectivity index (χ1n) is 6.87. The van der Waals surface area contributed by atoms with E-state index in [0.29, 0.717) is 11.8 Å². The third-order valence-electron chi connectivity index (χ3n) is 3.55. The molecule has 0 unspecified atom stereocenters. The largest absolute Gasteiger partial charge is 0.444 e. The molecule has 21 heavy (non-hydrogen) atoms. The number of para-hydroxylation sites is 1. The van der Waals surface area contributed by atoms with Crippen LogP contribution in [0.25, 0.3) is 11.0 Å². The van der Waals surface area contributed by atoms with Crippen LogP contribution in [0.4, 0.5) is 5.69 Å². The number of hydrogen-bond acceptors (Lipinski definition) is 2. The van der Waals surface area contributed by atoms with Gasteiger partial charge in [-0.15, -0.1) is 0 Å². The maximum atomic E-state index is 6.22. The van der Waals surface area contributed by atoms with Crippen molar-refractivity contribution >= 4 is 44.2 Å². The van der Waals surface area contributed by atoms with Crippen molar-refractivity contribution in [3.05, 3.63) is 63.3 Å². The maximum Gasteiger partial charge on any atom is 0.199 e. The van der Waals surface area contributed by atoms with Crippen LogP contribution in [0.15, 0.2) is 51.4 Å². The Hall–Kier alpha value is -1.45. The van der Waals surface area contributed by atoms with Crippen molar-refractivity contribution in [2.45, 2.75) is 19.9 Å². The van der Waals surface area contributed by atoms with Crippen molar-refractivity contribution < 1.29 is 4.42 Å². The van der Waals surface area contributed by atoms with Gasteiger partial charge in [-0.3, -0.25) is 0 Å². The number of rotatable bonds is 4. The monoisotopic (exact) mass is 363 g/mol. The highest BCUT2D eigenvalue weighted by atomic mass is 79.9. The molecule has 0 aliphatic heterocycles. The number of anilines is 1. The van der Waals surface area contributed by atoms with Gasteiger partial charge in [0.15, 0.2) is 5.22 Å². The van der Waals surface area contributed by atoms with Gasteiger partial charge >= 0.3 is 0 Å². The first-order valence-corrected chi connectivity index (χ1v) is 8.04. The second-order valence-corrected chi connectivity index (χ2v) is 6.12. The lowest BCUT2D eigenvalue weighted by Gasteiger charge is -2.11. The van der Waals surface area contributed by atoms with Crippen LogP contribution < -0.4 is 5.32 Å². The highest BCUT2D eigenvalue weighted by Crippen LogP contribution is 2.31. The number of furan rings is 1. The SMILES string of the molecule is CCc1cc(Br)ccc1NCc1c(Cl)oc2ccccc12. The molecule has 4 heteroatoms. The first-order chi connectivity index (χ1) is 10.2. The Kier molecular flexibility index (Phi) is 4.22. The molecule has 0 aliphatic rings.